The summed E-state index contributed by atoms with van der Waals surface area (Å²) < 4.78 is 0. The number of anilines is 1. The average Bonchev–Trinajstić information content (AvgIpc) is 2.78. The second-order valence-corrected chi connectivity index (χ2v) is 8.39. The predicted molar refractivity (Wildman–Crippen MR) is 122 cm³/mol. The number of likely N-dealkylation sites (tertiary alicyclic amines) is 1. The maximum atomic E-state index is 13.1. The zero-order valence-electron chi connectivity index (χ0n) is 18.4. The molecule has 0 spiro atoms. The number of hydrogen-bond donors (Lipinski definition) is 1. The van der Waals surface area contributed by atoms with E-state index in [9.17, 15) is 9.59 Å². The summed E-state index contributed by atoms with van der Waals surface area (Å²) in [5, 5.41) is 3.77. The number of piperidine rings is 1. The highest BCUT2D eigenvalue weighted by Gasteiger charge is 2.30. The monoisotopic (exact) mass is 443 g/mol. The van der Waals surface area contributed by atoms with Crippen molar-refractivity contribution in [2.24, 2.45) is 0 Å². The number of aromatic nitrogens is 2. The van der Waals surface area contributed by atoms with Crippen LogP contribution in [0.15, 0.2) is 30.3 Å². The molecule has 0 radical (unpaired) electrons. The second kappa shape index (κ2) is 10.6. The second-order valence-electron chi connectivity index (χ2n) is 7.95. The van der Waals surface area contributed by atoms with Crippen molar-refractivity contribution in [2.45, 2.75) is 51.6 Å². The lowest BCUT2D eigenvalue weighted by Crippen LogP contribution is -2.39. The van der Waals surface area contributed by atoms with Gasteiger partial charge in [0.1, 0.15) is 5.82 Å². The minimum atomic E-state index is -0.152. The molecule has 2 heterocycles. The van der Waals surface area contributed by atoms with Gasteiger partial charge in [0, 0.05) is 45.1 Å². The van der Waals surface area contributed by atoms with Gasteiger partial charge in [-0.05, 0) is 43.4 Å². The standard InChI is InChI=1S/C23H30ClN5O2/c1-16(30)28(3)15-19-14-21(25-2)27-23(26-19)20-6-4-5-13-29(20)22(31)12-9-17-7-10-18(24)11-8-17/h7-8,10-11,14,20H,4-6,9,12-13,15H2,1-3H3,(H,25,26,27)/t20-/m0/s1. The third-order valence-electron chi connectivity index (χ3n) is 5.65. The van der Waals surface area contributed by atoms with Crippen LogP contribution in [-0.4, -0.2) is 52.2 Å². The molecule has 0 bridgehead atoms. The molecule has 1 saturated heterocycles. The van der Waals surface area contributed by atoms with Crippen molar-refractivity contribution in [3.8, 4) is 0 Å². The third kappa shape index (κ3) is 6.17. The molecular formula is C23H30ClN5O2. The molecule has 166 valence electrons. The van der Waals surface area contributed by atoms with Crippen LogP contribution in [0.25, 0.3) is 0 Å². The van der Waals surface area contributed by atoms with Crippen molar-refractivity contribution in [1.82, 2.24) is 19.8 Å². The van der Waals surface area contributed by atoms with Crippen LogP contribution in [0.2, 0.25) is 5.02 Å². The van der Waals surface area contributed by atoms with Crippen LogP contribution in [0.5, 0.6) is 0 Å². The molecule has 1 aromatic heterocycles. The van der Waals surface area contributed by atoms with E-state index >= 15 is 0 Å². The lowest BCUT2D eigenvalue weighted by Gasteiger charge is -2.35. The molecule has 1 aromatic carbocycles. The maximum Gasteiger partial charge on any atom is 0.223 e. The molecule has 1 atom stereocenters. The van der Waals surface area contributed by atoms with Gasteiger partial charge in [0.25, 0.3) is 0 Å². The van der Waals surface area contributed by atoms with Gasteiger partial charge in [-0.25, -0.2) is 9.97 Å². The lowest BCUT2D eigenvalue weighted by molar-refractivity contribution is -0.135. The summed E-state index contributed by atoms with van der Waals surface area (Å²) in [4.78, 5) is 37.7. The van der Waals surface area contributed by atoms with Crippen LogP contribution in [0, 0.1) is 0 Å². The summed E-state index contributed by atoms with van der Waals surface area (Å²) in [6.07, 6.45) is 3.95. The minimum absolute atomic E-state index is 0.0251. The Morgan fingerprint density at radius 3 is 2.65 bits per heavy atom. The number of nitrogens with one attached hydrogen (secondary N) is 1. The van der Waals surface area contributed by atoms with Crippen molar-refractivity contribution in [2.75, 3.05) is 26.0 Å². The summed E-state index contributed by atoms with van der Waals surface area (Å²) in [5.74, 6) is 1.41. The van der Waals surface area contributed by atoms with Crippen LogP contribution in [0.1, 0.15) is 55.7 Å². The fourth-order valence-corrected chi connectivity index (χ4v) is 3.90. The number of rotatable bonds is 7. The van der Waals surface area contributed by atoms with E-state index in [4.69, 9.17) is 16.6 Å². The van der Waals surface area contributed by atoms with Gasteiger partial charge in [0.2, 0.25) is 11.8 Å². The first kappa shape index (κ1) is 23.0. The first-order chi connectivity index (χ1) is 14.9. The molecule has 2 amide bonds. The summed E-state index contributed by atoms with van der Waals surface area (Å²) in [6, 6.07) is 9.31. The molecule has 0 unspecified atom stereocenters. The summed E-state index contributed by atoms with van der Waals surface area (Å²) in [5.41, 5.74) is 1.85. The van der Waals surface area contributed by atoms with Crippen molar-refractivity contribution in [3.63, 3.8) is 0 Å². The number of benzene rings is 1. The normalized spacial score (nSPS) is 16.1. The van der Waals surface area contributed by atoms with E-state index in [-0.39, 0.29) is 17.9 Å². The summed E-state index contributed by atoms with van der Waals surface area (Å²) in [7, 11) is 3.55. The van der Waals surface area contributed by atoms with Crippen molar-refractivity contribution < 1.29 is 9.59 Å². The van der Waals surface area contributed by atoms with E-state index < -0.39 is 0 Å². The third-order valence-corrected chi connectivity index (χ3v) is 5.90. The van der Waals surface area contributed by atoms with Crippen LogP contribution < -0.4 is 5.32 Å². The van der Waals surface area contributed by atoms with Gasteiger partial charge in [-0.1, -0.05) is 23.7 Å². The van der Waals surface area contributed by atoms with Crippen molar-refractivity contribution >= 4 is 29.2 Å². The highest BCUT2D eigenvalue weighted by atomic mass is 35.5. The quantitative estimate of drug-likeness (QED) is 0.703. The molecule has 0 aliphatic carbocycles. The molecule has 1 aliphatic rings. The van der Waals surface area contributed by atoms with E-state index in [1.165, 1.54) is 6.92 Å². The molecule has 1 aliphatic heterocycles. The minimum Gasteiger partial charge on any atom is -0.373 e. The molecule has 1 N–H and O–H groups in total. The van der Waals surface area contributed by atoms with E-state index in [2.05, 4.69) is 10.3 Å². The van der Waals surface area contributed by atoms with Crippen molar-refractivity contribution in [1.29, 1.82) is 0 Å². The molecular weight excluding hydrogens is 414 g/mol. The number of carbonyl (C=O) groups excluding carboxylic acids is 2. The van der Waals surface area contributed by atoms with Gasteiger partial charge in [0.05, 0.1) is 18.3 Å². The van der Waals surface area contributed by atoms with Gasteiger partial charge in [-0.15, -0.1) is 0 Å². The summed E-state index contributed by atoms with van der Waals surface area (Å²) in [6.45, 7) is 2.64. The number of carbonyl (C=O) groups is 2. The molecule has 2 aromatic rings. The predicted octanol–water partition coefficient (Wildman–Crippen LogP) is 3.84. The topological polar surface area (TPSA) is 78.4 Å². The van der Waals surface area contributed by atoms with E-state index in [0.717, 1.165) is 30.5 Å². The Kier molecular flexibility index (Phi) is 7.85. The molecule has 7 nitrogen and oxygen atoms in total. The molecule has 3 rings (SSSR count). The molecule has 1 fully saturated rings. The number of halogens is 1. The van der Waals surface area contributed by atoms with Gasteiger partial charge >= 0.3 is 0 Å². The van der Waals surface area contributed by atoms with E-state index in [1.807, 2.05) is 35.2 Å². The molecule has 31 heavy (non-hydrogen) atoms. The van der Waals surface area contributed by atoms with Crippen LogP contribution in [0.4, 0.5) is 5.82 Å². The highest BCUT2D eigenvalue weighted by molar-refractivity contribution is 6.30. The zero-order chi connectivity index (χ0) is 22.4. The van der Waals surface area contributed by atoms with Gasteiger partial charge in [-0.3, -0.25) is 9.59 Å². The van der Waals surface area contributed by atoms with Gasteiger partial charge < -0.3 is 15.1 Å². The van der Waals surface area contributed by atoms with Crippen LogP contribution in [-0.2, 0) is 22.6 Å². The first-order valence-corrected chi connectivity index (χ1v) is 11.1. The average molecular weight is 444 g/mol. The Balaban J connectivity index is 1.77. The largest absolute Gasteiger partial charge is 0.373 e. The molecule has 0 saturated carbocycles. The SMILES string of the molecule is CNc1cc(CN(C)C(C)=O)nc([C@@H]2CCCCN2C(=O)CCc2ccc(Cl)cc2)n1. The maximum absolute atomic E-state index is 13.1. The highest BCUT2D eigenvalue weighted by Crippen LogP contribution is 2.30. The number of amides is 2. The molecule has 8 heteroatoms. The van der Waals surface area contributed by atoms with Crippen LogP contribution in [0.3, 0.4) is 0 Å². The van der Waals surface area contributed by atoms with E-state index in [1.54, 1.807) is 19.0 Å². The van der Waals surface area contributed by atoms with Gasteiger partial charge in [0.15, 0.2) is 5.82 Å². The number of nitrogens with zero attached hydrogens (tertiary/aromatic N) is 4. The Bertz CT molecular complexity index is 919. The lowest BCUT2D eigenvalue weighted by atomic mass is 9.99. The summed E-state index contributed by atoms with van der Waals surface area (Å²) >= 11 is 5.95. The number of hydrogen-bond acceptors (Lipinski definition) is 5. The Morgan fingerprint density at radius 1 is 1.23 bits per heavy atom. The fourth-order valence-electron chi connectivity index (χ4n) is 3.77. The van der Waals surface area contributed by atoms with Gasteiger partial charge in [-0.2, -0.15) is 0 Å². The number of aryl methyl sites for hydroxylation is 1. The van der Waals surface area contributed by atoms with Crippen molar-refractivity contribution in [3.05, 3.63) is 52.4 Å². The Morgan fingerprint density at radius 2 is 1.97 bits per heavy atom. The first-order valence-electron chi connectivity index (χ1n) is 10.7. The Hall–Kier alpha value is -2.67. The zero-order valence-corrected chi connectivity index (χ0v) is 19.2. The Labute approximate surface area is 188 Å². The smallest absolute Gasteiger partial charge is 0.223 e. The van der Waals surface area contributed by atoms with E-state index in [0.29, 0.717) is 42.6 Å². The fraction of sp³-hybridized carbons (Fsp3) is 0.478. The van der Waals surface area contributed by atoms with Crippen LogP contribution >= 0.6 is 11.6 Å².